The second-order valence-electron chi connectivity index (χ2n) is 4.70. The number of nitriles is 1. The van der Waals surface area contributed by atoms with E-state index in [1.807, 2.05) is 48.5 Å². The highest BCUT2D eigenvalue weighted by Crippen LogP contribution is 2.21. The number of rotatable bonds is 6. The van der Waals surface area contributed by atoms with Gasteiger partial charge in [0.05, 0.1) is 18.2 Å². The van der Waals surface area contributed by atoms with Gasteiger partial charge < -0.3 is 15.2 Å². The molecule has 2 rings (SSSR count). The summed E-state index contributed by atoms with van der Waals surface area (Å²) in [5.41, 5.74) is 2.77. The van der Waals surface area contributed by atoms with Crippen molar-refractivity contribution in [2.45, 2.75) is 13.0 Å². The second-order valence-corrected chi connectivity index (χ2v) is 4.70. The molecule has 0 fully saturated rings. The third-order valence-corrected chi connectivity index (χ3v) is 3.14. The summed E-state index contributed by atoms with van der Waals surface area (Å²) in [5.74, 6) is 0.737. The van der Waals surface area contributed by atoms with E-state index in [2.05, 4.69) is 18.3 Å². The number of nitrogens with zero attached hydrogens (tertiary/aromatic N) is 1. The average molecular weight is 282 g/mol. The van der Waals surface area contributed by atoms with E-state index in [1.165, 1.54) is 0 Å². The van der Waals surface area contributed by atoms with Crippen LogP contribution in [-0.2, 0) is 0 Å². The smallest absolute Gasteiger partial charge is 0.119 e. The molecule has 0 aliphatic carbocycles. The van der Waals surface area contributed by atoms with Crippen molar-refractivity contribution in [2.75, 3.05) is 18.5 Å². The topological polar surface area (TPSA) is 65.3 Å². The first kappa shape index (κ1) is 14.9. The number of benzene rings is 2. The van der Waals surface area contributed by atoms with Gasteiger partial charge in [0.25, 0.3) is 0 Å². The number of anilines is 1. The lowest BCUT2D eigenvalue weighted by Gasteiger charge is -2.16. The van der Waals surface area contributed by atoms with Gasteiger partial charge in [-0.1, -0.05) is 12.1 Å². The van der Waals surface area contributed by atoms with Crippen molar-refractivity contribution < 1.29 is 9.84 Å². The lowest BCUT2D eigenvalue weighted by molar-refractivity contribution is 0.201. The van der Waals surface area contributed by atoms with Gasteiger partial charge in [0.1, 0.15) is 12.4 Å². The number of aliphatic hydroxyl groups is 1. The molecule has 2 N–H and O–H groups in total. The van der Waals surface area contributed by atoms with Crippen molar-refractivity contribution in [1.29, 1.82) is 5.26 Å². The van der Waals surface area contributed by atoms with E-state index >= 15 is 0 Å². The van der Waals surface area contributed by atoms with Crippen LogP contribution in [0.5, 0.6) is 5.75 Å². The number of nitrogens with one attached hydrogen (secondary N) is 1. The average Bonchev–Trinajstić information content (AvgIpc) is 2.54. The largest absolute Gasteiger partial charge is 0.491 e. The maximum Gasteiger partial charge on any atom is 0.119 e. The van der Waals surface area contributed by atoms with E-state index in [-0.39, 0.29) is 12.6 Å². The van der Waals surface area contributed by atoms with Gasteiger partial charge in [-0.2, -0.15) is 5.26 Å². The van der Waals surface area contributed by atoms with Crippen LogP contribution in [-0.4, -0.2) is 18.3 Å². The monoisotopic (exact) mass is 282 g/mol. The molecule has 2 aromatic rings. The molecule has 4 nitrogen and oxygen atoms in total. The minimum absolute atomic E-state index is 0.00965. The highest BCUT2D eigenvalue weighted by Gasteiger charge is 2.05. The van der Waals surface area contributed by atoms with Crippen LogP contribution in [0.2, 0.25) is 0 Å². The summed E-state index contributed by atoms with van der Waals surface area (Å²) in [6.45, 7) is 2.38. The minimum atomic E-state index is 0.00965. The fraction of sp³-hybridized carbons (Fsp3) is 0.235. The lowest BCUT2D eigenvalue weighted by Crippen LogP contribution is -2.06. The van der Waals surface area contributed by atoms with E-state index in [1.54, 1.807) is 0 Å². The van der Waals surface area contributed by atoms with E-state index in [4.69, 9.17) is 15.1 Å². The Morgan fingerprint density at radius 3 is 2.38 bits per heavy atom. The Balaban J connectivity index is 1.98. The standard InChI is InChI=1S/C17H18N2O2/c1-13(15-4-2-14(12-18)3-5-15)19-16-6-8-17(9-7-16)21-11-10-20/h2-9,13,19-20H,10-11H2,1H3. The molecular weight excluding hydrogens is 264 g/mol. The van der Waals surface area contributed by atoms with Gasteiger partial charge in [0, 0.05) is 11.7 Å². The summed E-state index contributed by atoms with van der Waals surface area (Å²) in [6.07, 6.45) is 0. The van der Waals surface area contributed by atoms with Crippen molar-refractivity contribution in [3.63, 3.8) is 0 Å². The molecule has 0 saturated heterocycles. The predicted octanol–water partition coefficient (Wildman–Crippen LogP) is 3.10. The van der Waals surface area contributed by atoms with Crippen LogP contribution in [0.1, 0.15) is 24.1 Å². The number of hydrogen-bond acceptors (Lipinski definition) is 4. The highest BCUT2D eigenvalue weighted by molar-refractivity contribution is 5.48. The lowest BCUT2D eigenvalue weighted by atomic mass is 10.1. The van der Waals surface area contributed by atoms with Crippen LogP contribution in [0.15, 0.2) is 48.5 Å². The van der Waals surface area contributed by atoms with Crippen LogP contribution >= 0.6 is 0 Å². The van der Waals surface area contributed by atoms with E-state index in [9.17, 15) is 0 Å². The first-order chi connectivity index (χ1) is 10.2. The third-order valence-electron chi connectivity index (χ3n) is 3.14. The molecule has 0 aliphatic heterocycles. The molecule has 0 spiro atoms. The van der Waals surface area contributed by atoms with E-state index in [0.717, 1.165) is 17.0 Å². The van der Waals surface area contributed by atoms with Crippen molar-refractivity contribution in [3.8, 4) is 11.8 Å². The van der Waals surface area contributed by atoms with Gasteiger partial charge in [-0.05, 0) is 48.9 Å². The molecule has 0 aliphatic rings. The molecule has 0 aromatic heterocycles. The molecule has 0 heterocycles. The van der Waals surface area contributed by atoms with Crippen LogP contribution < -0.4 is 10.1 Å². The Labute approximate surface area is 124 Å². The van der Waals surface area contributed by atoms with Crippen molar-refractivity contribution in [2.24, 2.45) is 0 Å². The molecule has 0 radical (unpaired) electrons. The summed E-state index contributed by atoms with van der Waals surface area (Å²) < 4.78 is 5.32. The number of aliphatic hydroxyl groups excluding tert-OH is 1. The summed E-state index contributed by atoms with van der Waals surface area (Å²) in [5, 5.41) is 20.9. The Kier molecular flexibility index (Phi) is 5.19. The molecule has 108 valence electrons. The van der Waals surface area contributed by atoms with Gasteiger partial charge in [0.15, 0.2) is 0 Å². The van der Waals surface area contributed by atoms with Crippen LogP contribution in [0.3, 0.4) is 0 Å². The quantitative estimate of drug-likeness (QED) is 0.854. The Morgan fingerprint density at radius 1 is 1.14 bits per heavy atom. The fourth-order valence-corrected chi connectivity index (χ4v) is 1.99. The molecule has 2 aromatic carbocycles. The van der Waals surface area contributed by atoms with E-state index < -0.39 is 0 Å². The number of hydrogen-bond donors (Lipinski definition) is 2. The molecular formula is C17H18N2O2. The molecule has 21 heavy (non-hydrogen) atoms. The van der Waals surface area contributed by atoms with E-state index in [0.29, 0.717) is 12.2 Å². The first-order valence-electron chi connectivity index (χ1n) is 6.83. The predicted molar refractivity (Wildman–Crippen MR) is 82.2 cm³/mol. The zero-order valence-electron chi connectivity index (χ0n) is 11.9. The highest BCUT2D eigenvalue weighted by atomic mass is 16.5. The summed E-state index contributed by atoms with van der Waals surface area (Å²) in [6, 6.07) is 17.4. The molecule has 0 amide bonds. The second kappa shape index (κ2) is 7.32. The van der Waals surface area contributed by atoms with Crippen LogP contribution in [0, 0.1) is 11.3 Å². The normalized spacial score (nSPS) is 11.5. The summed E-state index contributed by atoms with van der Waals surface area (Å²) >= 11 is 0. The van der Waals surface area contributed by atoms with Gasteiger partial charge in [-0.25, -0.2) is 0 Å². The fourth-order valence-electron chi connectivity index (χ4n) is 1.99. The minimum Gasteiger partial charge on any atom is -0.491 e. The zero-order valence-corrected chi connectivity index (χ0v) is 11.9. The first-order valence-corrected chi connectivity index (χ1v) is 6.83. The van der Waals surface area contributed by atoms with Gasteiger partial charge in [0.2, 0.25) is 0 Å². The molecule has 0 saturated carbocycles. The Morgan fingerprint density at radius 2 is 1.81 bits per heavy atom. The van der Waals surface area contributed by atoms with Crippen molar-refractivity contribution >= 4 is 5.69 Å². The van der Waals surface area contributed by atoms with Gasteiger partial charge in [-0.15, -0.1) is 0 Å². The number of ether oxygens (including phenoxy) is 1. The molecule has 1 unspecified atom stereocenters. The van der Waals surface area contributed by atoms with Crippen molar-refractivity contribution in [3.05, 3.63) is 59.7 Å². The van der Waals surface area contributed by atoms with Crippen LogP contribution in [0.4, 0.5) is 5.69 Å². The van der Waals surface area contributed by atoms with Gasteiger partial charge in [-0.3, -0.25) is 0 Å². The van der Waals surface area contributed by atoms with Gasteiger partial charge >= 0.3 is 0 Å². The van der Waals surface area contributed by atoms with Crippen molar-refractivity contribution in [1.82, 2.24) is 0 Å². The molecule has 0 bridgehead atoms. The summed E-state index contributed by atoms with van der Waals surface area (Å²) in [4.78, 5) is 0. The molecule has 1 atom stereocenters. The Hall–Kier alpha value is -2.51. The Bertz CT molecular complexity index is 600. The maximum atomic E-state index is 8.80. The third kappa shape index (κ3) is 4.23. The van der Waals surface area contributed by atoms with Crippen LogP contribution in [0.25, 0.3) is 0 Å². The maximum absolute atomic E-state index is 8.80. The summed E-state index contributed by atoms with van der Waals surface area (Å²) in [7, 11) is 0. The molecule has 4 heteroatoms. The zero-order chi connectivity index (χ0) is 15.1. The SMILES string of the molecule is CC(Nc1ccc(OCCO)cc1)c1ccc(C#N)cc1.